The van der Waals surface area contributed by atoms with Crippen molar-refractivity contribution >= 4 is 37.9 Å². The van der Waals surface area contributed by atoms with E-state index in [0.717, 1.165) is 6.08 Å². The van der Waals surface area contributed by atoms with Crippen molar-refractivity contribution in [2.24, 2.45) is 0 Å². The van der Waals surface area contributed by atoms with Gasteiger partial charge in [-0.2, -0.15) is 5.26 Å². The Bertz CT molecular complexity index is 903. The largest absolute Gasteiger partial charge is 0.269 e. The Morgan fingerprint density at radius 2 is 1.96 bits per heavy atom. The number of nitriles is 1. The third-order valence-electron chi connectivity index (χ3n) is 2.68. The number of hydrogen-bond donors (Lipinski definition) is 1. The number of carbonyl (C=O) groups excluding carboxylic acids is 1. The number of nitrogens with zero attached hydrogens (tertiary/aromatic N) is 2. The van der Waals surface area contributed by atoms with Crippen LogP contribution in [0.2, 0.25) is 0 Å². The number of benzene rings is 1. The number of nitrogens with one attached hydrogen (secondary N) is 1. The first kappa shape index (κ1) is 16.9. The van der Waals surface area contributed by atoms with Crippen molar-refractivity contribution in [2.75, 3.05) is 0 Å². The maximum Gasteiger partial charge on any atom is 0.264 e. The molecule has 6 nitrogen and oxygen atoms in total. The van der Waals surface area contributed by atoms with Gasteiger partial charge in [-0.3, -0.25) is 9.78 Å². The average Bonchev–Trinajstić information content (AvgIpc) is 2.53. The summed E-state index contributed by atoms with van der Waals surface area (Å²) in [6.07, 6.45) is 5.68. The van der Waals surface area contributed by atoms with Crippen LogP contribution in [0.1, 0.15) is 11.1 Å². The van der Waals surface area contributed by atoms with E-state index in [1.165, 1.54) is 24.3 Å². The normalized spacial score (nSPS) is 11.1. The summed E-state index contributed by atoms with van der Waals surface area (Å²) in [6, 6.07) is 9.17. The van der Waals surface area contributed by atoms with Gasteiger partial charge in [-0.05, 0) is 42.0 Å². The van der Waals surface area contributed by atoms with Crippen molar-refractivity contribution in [3.8, 4) is 6.07 Å². The first-order chi connectivity index (χ1) is 10.9. The fraction of sp³-hybridized carbons (Fsp3) is 0. The van der Waals surface area contributed by atoms with Crippen LogP contribution >= 0.6 is 15.9 Å². The van der Waals surface area contributed by atoms with Crippen LogP contribution in [0.3, 0.4) is 0 Å². The van der Waals surface area contributed by atoms with E-state index in [0.29, 0.717) is 10.0 Å². The van der Waals surface area contributed by atoms with Crippen LogP contribution in [0, 0.1) is 11.3 Å². The third-order valence-corrected chi connectivity index (χ3v) is 4.46. The van der Waals surface area contributed by atoms with Gasteiger partial charge >= 0.3 is 0 Å². The third kappa shape index (κ3) is 4.74. The maximum atomic E-state index is 12.2. The summed E-state index contributed by atoms with van der Waals surface area (Å²) in [4.78, 5) is 15.4. The molecule has 0 fully saturated rings. The smallest absolute Gasteiger partial charge is 0.264 e. The first-order valence-corrected chi connectivity index (χ1v) is 8.54. The van der Waals surface area contributed by atoms with Gasteiger partial charge in [-0.1, -0.05) is 15.9 Å². The molecule has 23 heavy (non-hydrogen) atoms. The van der Waals surface area contributed by atoms with Gasteiger partial charge in [0.15, 0.2) is 0 Å². The molecule has 0 unspecified atom stereocenters. The molecular weight excluding hydrogens is 382 g/mol. The van der Waals surface area contributed by atoms with E-state index >= 15 is 0 Å². The van der Waals surface area contributed by atoms with Gasteiger partial charge < -0.3 is 0 Å². The molecule has 0 aliphatic heterocycles. The van der Waals surface area contributed by atoms with Crippen LogP contribution in [-0.2, 0) is 14.8 Å². The number of rotatable bonds is 4. The van der Waals surface area contributed by atoms with E-state index in [1.54, 1.807) is 24.5 Å². The fourth-order valence-electron chi connectivity index (χ4n) is 1.65. The van der Waals surface area contributed by atoms with Gasteiger partial charge in [0, 0.05) is 22.9 Å². The lowest BCUT2D eigenvalue weighted by Gasteiger charge is -2.06. The van der Waals surface area contributed by atoms with Crippen LogP contribution in [0.25, 0.3) is 6.08 Å². The highest BCUT2D eigenvalue weighted by molar-refractivity contribution is 9.10. The van der Waals surface area contributed by atoms with Gasteiger partial charge in [-0.15, -0.1) is 0 Å². The summed E-state index contributed by atoms with van der Waals surface area (Å²) in [6.45, 7) is 0. The molecule has 0 bridgehead atoms. The molecular formula is C15H10BrN3O3S. The Hall–Kier alpha value is -2.50. The maximum absolute atomic E-state index is 12.2. The van der Waals surface area contributed by atoms with Gasteiger partial charge in [0.05, 0.1) is 16.5 Å². The highest BCUT2D eigenvalue weighted by atomic mass is 79.9. The van der Waals surface area contributed by atoms with Gasteiger partial charge in [0.25, 0.3) is 15.9 Å². The molecule has 1 aromatic heterocycles. The second kappa shape index (κ2) is 7.17. The van der Waals surface area contributed by atoms with Gasteiger partial charge in [0.2, 0.25) is 0 Å². The molecule has 0 aliphatic rings. The fourth-order valence-corrected chi connectivity index (χ4v) is 3.31. The molecule has 8 heteroatoms. The summed E-state index contributed by atoms with van der Waals surface area (Å²) >= 11 is 3.13. The van der Waals surface area contributed by atoms with E-state index in [4.69, 9.17) is 5.26 Å². The standard InChI is InChI=1S/C15H10BrN3O3S/c16-13-7-12(10-17)8-14(9-13)23(21,22)19-15(20)2-1-11-3-5-18-6-4-11/h1-9H,(H,19,20). The lowest BCUT2D eigenvalue weighted by molar-refractivity contribution is -0.114. The zero-order valence-corrected chi connectivity index (χ0v) is 14.0. The highest BCUT2D eigenvalue weighted by Crippen LogP contribution is 2.19. The minimum Gasteiger partial charge on any atom is -0.269 e. The summed E-state index contributed by atoms with van der Waals surface area (Å²) < 4.78 is 26.7. The molecule has 0 aliphatic carbocycles. The van der Waals surface area contributed by atoms with Crippen LogP contribution in [-0.4, -0.2) is 19.3 Å². The minimum atomic E-state index is -4.06. The molecule has 0 saturated heterocycles. The number of aromatic nitrogens is 1. The van der Waals surface area contributed by atoms with E-state index in [1.807, 2.05) is 10.8 Å². The molecule has 1 aromatic carbocycles. The Kier molecular flexibility index (Phi) is 5.26. The predicted octanol–water partition coefficient (Wildman–Crippen LogP) is 2.23. The first-order valence-electron chi connectivity index (χ1n) is 6.26. The second-order valence-electron chi connectivity index (χ2n) is 4.37. The predicted molar refractivity (Wildman–Crippen MR) is 87.5 cm³/mol. The number of sulfonamides is 1. The molecule has 1 heterocycles. The van der Waals surface area contributed by atoms with Crippen molar-refractivity contribution in [3.63, 3.8) is 0 Å². The number of halogens is 1. The quantitative estimate of drug-likeness (QED) is 0.805. The minimum absolute atomic E-state index is 0.166. The molecule has 1 amide bonds. The summed E-state index contributed by atoms with van der Waals surface area (Å²) in [5, 5.41) is 8.88. The van der Waals surface area contributed by atoms with Gasteiger partial charge in [-0.25, -0.2) is 13.1 Å². The van der Waals surface area contributed by atoms with E-state index in [2.05, 4.69) is 20.9 Å². The SMILES string of the molecule is N#Cc1cc(Br)cc(S(=O)(=O)NC(=O)C=Cc2ccncc2)c1. The second-order valence-corrected chi connectivity index (χ2v) is 6.97. The summed E-state index contributed by atoms with van der Waals surface area (Å²) in [7, 11) is -4.06. The van der Waals surface area contributed by atoms with Crippen LogP contribution < -0.4 is 4.72 Å². The number of carbonyl (C=O) groups is 1. The van der Waals surface area contributed by atoms with Crippen LogP contribution in [0.4, 0.5) is 0 Å². The van der Waals surface area contributed by atoms with Crippen LogP contribution in [0.15, 0.2) is 58.2 Å². The van der Waals surface area contributed by atoms with Crippen molar-refractivity contribution in [2.45, 2.75) is 4.90 Å². The van der Waals surface area contributed by atoms with Crippen molar-refractivity contribution in [3.05, 3.63) is 64.4 Å². The van der Waals surface area contributed by atoms with Crippen LogP contribution in [0.5, 0.6) is 0 Å². The van der Waals surface area contributed by atoms with Gasteiger partial charge in [0.1, 0.15) is 0 Å². The lowest BCUT2D eigenvalue weighted by Crippen LogP contribution is -2.29. The molecule has 116 valence electrons. The number of amides is 1. The summed E-state index contributed by atoms with van der Waals surface area (Å²) in [5.41, 5.74) is 0.876. The lowest BCUT2D eigenvalue weighted by atomic mass is 10.2. The Balaban J connectivity index is 2.18. The molecule has 0 radical (unpaired) electrons. The van der Waals surface area contributed by atoms with E-state index < -0.39 is 15.9 Å². The van der Waals surface area contributed by atoms with E-state index in [9.17, 15) is 13.2 Å². The average molecular weight is 392 g/mol. The molecule has 2 aromatic rings. The number of hydrogen-bond acceptors (Lipinski definition) is 5. The topological polar surface area (TPSA) is 99.9 Å². The highest BCUT2D eigenvalue weighted by Gasteiger charge is 2.17. The Labute approximate surface area is 141 Å². The number of pyridine rings is 1. The molecule has 1 N–H and O–H groups in total. The zero-order chi connectivity index (χ0) is 16.9. The van der Waals surface area contributed by atoms with Crippen molar-refractivity contribution in [1.29, 1.82) is 5.26 Å². The molecule has 0 atom stereocenters. The van der Waals surface area contributed by atoms with Crippen molar-refractivity contribution < 1.29 is 13.2 Å². The van der Waals surface area contributed by atoms with Crippen molar-refractivity contribution in [1.82, 2.24) is 9.71 Å². The molecule has 2 rings (SSSR count). The Morgan fingerprint density at radius 3 is 2.61 bits per heavy atom. The van der Waals surface area contributed by atoms with E-state index in [-0.39, 0.29) is 10.5 Å². The monoisotopic (exact) mass is 391 g/mol. The molecule has 0 spiro atoms. The summed E-state index contributed by atoms with van der Waals surface area (Å²) in [5.74, 6) is -0.791. The molecule has 0 saturated carbocycles. The Morgan fingerprint density at radius 1 is 1.26 bits per heavy atom. The zero-order valence-electron chi connectivity index (χ0n) is 11.6.